The Labute approximate surface area is 165 Å². The van der Waals surface area contributed by atoms with E-state index in [1.807, 2.05) is 0 Å². The van der Waals surface area contributed by atoms with E-state index in [1.165, 1.54) is 77.0 Å². The minimum Gasteiger partial charge on any atom is -0.0533 e. The molecule has 5 heteroatoms. The van der Waals surface area contributed by atoms with Crippen LogP contribution in [0.25, 0.3) is 0 Å². The van der Waals surface area contributed by atoms with Crippen molar-refractivity contribution in [2.45, 2.75) is 77.0 Å². The zero-order valence-corrected chi connectivity index (χ0v) is 16.1. The molecule has 2 rings (SSSR count). The van der Waals surface area contributed by atoms with E-state index in [-0.39, 0.29) is 17.4 Å². The first-order valence-corrected chi connectivity index (χ1v) is 8.12. The Morgan fingerprint density at radius 1 is 0.360 bits per heavy atom. The summed E-state index contributed by atoms with van der Waals surface area (Å²) in [5.41, 5.74) is 0. The van der Waals surface area contributed by atoms with Crippen LogP contribution in [0.3, 0.4) is 0 Å². The maximum atomic E-state index is 7.50. The molecule has 0 atom stereocenters. The molecule has 0 bridgehead atoms. The SMILES string of the molecule is [C-]#[O+].[C-]#[O+].[C-]#[O+].[C-]#[O+].[CH]1[CH]CCCCCC1.[CH]1[CH]CCCCCC1.[Cr]. The van der Waals surface area contributed by atoms with Crippen LogP contribution in [0.4, 0.5) is 0 Å². The van der Waals surface area contributed by atoms with Crippen LogP contribution in [0.5, 0.6) is 0 Å². The van der Waals surface area contributed by atoms with E-state index < -0.39 is 0 Å². The fraction of sp³-hybridized carbons (Fsp3) is 0.600. The third-order valence-electron chi connectivity index (χ3n) is 3.32. The van der Waals surface area contributed by atoms with Gasteiger partial charge in [-0.3, -0.25) is 0 Å². The summed E-state index contributed by atoms with van der Waals surface area (Å²) in [4.78, 5) is 0. The average Bonchev–Trinajstić information content (AvgIpc) is 2.61. The van der Waals surface area contributed by atoms with Crippen molar-refractivity contribution >= 4 is 0 Å². The fourth-order valence-electron chi connectivity index (χ4n) is 2.23. The van der Waals surface area contributed by atoms with Crippen molar-refractivity contribution in [3.05, 3.63) is 52.3 Å². The quantitative estimate of drug-likeness (QED) is 0.399. The van der Waals surface area contributed by atoms with Crippen LogP contribution in [0.2, 0.25) is 0 Å². The van der Waals surface area contributed by atoms with Crippen molar-refractivity contribution in [1.29, 1.82) is 0 Å². The second kappa shape index (κ2) is 49.5. The molecule has 2 fully saturated rings. The van der Waals surface area contributed by atoms with Gasteiger partial charge in [0.15, 0.2) is 0 Å². The zero-order chi connectivity index (χ0) is 19.3. The number of rotatable bonds is 0. The molecule has 0 aromatic heterocycles. The average molecular weight is 384 g/mol. The molecule has 0 aliphatic heterocycles. The first-order valence-electron chi connectivity index (χ1n) is 8.12. The summed E-state index contributed by atoms with van der Waals surface area (Å²) >= 11 is 0. The molecule has 0 aromatic rings. The molecule has 4 radical (unpaired) electrons. The van der Waals surface area contributed by atoms with Crippen LogP contribution in [0.1, 0.15) is 77.0 Å². The van der Waals surface area contributed by atoms with Crippen LogP contribution < -0.4 is 0 Å². The first kappa shape index (κ1) is 35.6. The molecule has 0 unspecified atom stereocenters. The molecule has 138 valence electrons. The van der Waals surface area contributed by atoms with E-state index in [0.29, 0.717) is 0 Å². The molecule has 2 aliphatic rings. The van der Waals surface area contributed by atoms with Crippen LogP contribution in [0, 0.1) is 52.3 Å². The van der Waals surface area contributed by atoms with Crippen molar-refractivity contribution in [3.63, 3.8) is 0 Å². The fourth-order valence-corrected chi connectivity index (χ4v) is 2.23. The molecule has 4 nitrogen and oxygen atoms in total. The second-order valence-corrected chi connectivity index (χ2v) is 4.93. The van der Waals surface area contributed by atoms with E-state index >= 15 is 0 Å². The molecule has 2 aliphatic carbocycles. The Morgan fingerprint density at radius 2 is 0.520 bits per heavy atom. The molecule has 25 heavy (non-hydrogen) atoms. The summed E-state index contributed by atoms with van der Waals surface area (Å²) in [6.45, 7) is 18.0. The summed E-state index contributed by atoms with van der Waals surface area (Å²) in [7, 11) is 0. The minimum atomic E-state index is 0. The van der Waals surface area contributed by atoms with Gasteiger partial charge in [0.05, 0.1) is 0 Å². The Hall–Kier alpha value is -0.508. The molecule has 0 spiro atoms. The first-order chi connectivity index (χ1) is 12.0. The van der Waals surface area contributed by atoms with Crippen LogP contribution in [-0.2, 0) is 36.0 Å². The van der Waals surface area contributed by atoms with E-state index in [9.17, 15) is 0 Å². The van der Waals surface area contributed by atoms with Crippen molar-refractivity contribution in [2.24, 2.45) is 0 Å². The van der Waals surface area contributed by atoms with Gasteiger partial charge in [0, 0.05) is 17.4 Å². The Kier molecular flexibility index (Phi) is 70.5. The van der Waals surface area contributed by atoms with Gasteiger partial charge in [-0.25, -0.2) is 0 Å². The van der Waals surface area contributed by atoms with Crippen molar-refractivity contribution in [1.82, 2.24) is 0 Å². The molecular formula is C20H28CrO4. The summed E-state index contributed by atoms with van der Waals surface area (Å²) in [6, 6.07) is 0. The molecule has 0 N–H and O–H groups in total. The van der Waals surface area contributed by atoms with E-state index in [4.69, 9.17) is 18.6 Å². The maximum Gasteiger partial charge on any atom is 0 e. The predicted octanol–water partition coefficient (Wildman–Crippen LogP) is 5.35. The van der Waals surface area contributed by atoms with Crippen molar-refractivity contribution in [2.75, 3.05) is 0 Å². The number of hydrogen-bond donors (Lipinski definition) is 0. The molecular weight excluding hydrogens is 356 g/mol. The van der Waals surface area contributed by atoms with Gasteiger partial charge < -0.3 is 0 Å². The van der Waals surface area contributed by atoms with Gasteiger partial charge >= 0.3 is 45.2 Å². The third-order valence-corrected chi connectivity index (χ3v) is 3.32. The normalized spacial score (nSPS) is 15.7. The minimum absolute atomic E-state index is 0. The van der Waals surface area contributed by atoms with Gasteiger partial charge in [0.1, 0.15) is 0 Å². The van der Waals surface area contributed by atoms with Crippen LogP contribution >= 0.6 is 0 Å². The summed E-state index contributed by atoms with van der Waals surface area (Å²) in [5.74, 6) is 0. The smallest absolute Gasteiger partial charge is 0 e. The monoisotopic (exact) mass is 384 g/mol. The molecule has 0 amide bonds. The topological polar surface area (TPSA) is 79.6 Å². The summed E-state index contributed by atoms with van der Waals surface area (Å²) in [5, 5.41) is 0. The van der Waals surface area contributed by atoms with Crippen LogP contribution in [-0.4, -0.2) is 0 Å². The summed E-state index contributed by atoms with van der Waals surface area (Å²) < 4.78 is 30.0. The van der Waals surface area contributed by atoms with Gasteiger partial charge in [-0.05, 0) is 51.4 Å². The van der Waals surface area contributed by atoms with Gasteiger partial charge in [0.2, 0.25) is 0 Å². The Balaban J connectivity index is -0.0000000743. The van der Waals surface area contributed by atoms with E-state index in [1.54, 1.807) is 0 Å². The Morgan fingerprint density at radius 3 is 0.680 bits per heavy atom. The Bertz CT molecular complexity index is 184. The van der Waals surface area contributed by atoms with Gasteiger partial charge in [0.25, 0.3) is 0 Å². The maximum absolute atomic E-state index is 7.50. The van der Waals surface area contributed by atoms with Crippen molar-refractivity contribution in [3.8, 4) is 0 Å². The van der Waals surface area contributed by atoms with Gasteiger partial charge in [-0.15, -0.1) is 0 Å². The van der Waals surface area contributed by atoms with Crippen LogP contribution in [0.15, 0.2) is 0 Å². The molecule has 0 heterocycles. The summed E-state index contributed by atoms with van der Waals surface area (Å²) in [6.07, 6.45) is 26.0. The number of hydrogen-bond acceptors (Lipinski definition) is 0. The van der Waals surface area contributed by atoms with E-state index in [2.05, 4.69) is 52.3 Å². The second-order valence-electron chi connectivity index (χ2n) is 4.93. The molecule has 2 saturated carbocycles. The molecule has 0 aromatic carbocycles. The predicted molar refractivity (Wildman–Crippen MR) is 88.3 cm³/mol. The van der Waals surface area contributed by atoms with E-state index in [0.717, 1.165) is 0 Å². The van der Waals surface area contributed by atoms with Gasteiger partial charge in [-0.2, -0.15) is 0 Å². The third kappa shape index (κ3) is 45.2. The molecule has 0 saturated heterocycles. The standard InChI is InChI=1S/2C8H14.4CO.Cr/c2*1-2-4-6-8-7-5-3-1;4*1-2;/h2*1-2H,3-8H2;;;;;. The van der Waals surface area contributed by atoms with Crippen molar-refractivity contribution < 1.29 is 36.0 Å². The van der Waals surface area contributed by atoms with Gasteiger partial charge in [-0.1, -0.05) is 51.4 Å². The largest absolute Gasteiger partial charge is 0.0533 e. The zero-order valence-electron chi connectivity index (χ0n) is 14.8.